The largest absolute Gasteiger partial charge is 0.460 e. The maximum atomic E-state index is 11.9. The second-order valence-corrected chi connectivity index (χ2v) is 7.26. The summed E-state index contributed by atoms with van der Waals surface area (Å²) in [5, 5.41) is 9.37. The zero-order valence-corrected chi connectivity index (χ0v) is 16.1. The van der Waals surface area contributed by atoms with Gasteiger partial charge in [0.2, 0.25) is 0 Å². The zero-order chi connectivity index (χ0) is 20.1. The van der Waals surface area contributed by atoms with Gasteiger partial charge in [-0.15, -0.1) is 0 Å². The van der Waals surface area contributed by atoms with E-state index >= 15 is 0 Å². The molecule has 1 N–H and O–H groups in total. The van der Waals surface area contributed by atoms with E-state index in [-0.39, 0.29) is 25.3 Å². The van der Waals surface area contributed by atoms with Gasteiger partial charge in [0.1, 0.15) is 11.7 Å². The number of carbonyl (C=O) groups excluding carboxylic acids is 1. The number of benzene rings is 3. The lowest BCUT2D eigenvalue weighted by molar-refractivity contribution is -0.148. The Balaban J connectivity index is 1.77. The molecule has 0 radical (unpaired) electrons. The molecule has 0 bridgehead atoms. The minimum Gasteiger partial charge on any atom is -0.460 e. The lowest BCUT2D eigenvalue weighted by atomic mass is 9.80. The Morgan fingerprint density at radius 1 is 0.828 bits per heavy atom. The Bertz CT molecular complexity index is 828. The standard InChI is InChI=1S/C25H24O4/c26-17-19-16-23(29-24(19)27)18-28-25(20-10-4-1-5-11-20,21-12-6-2-7-13-21)22-14-8-3-9-15-22/h1-15,19,23,26H,16-18H2/t19?,23-/m0/s1. The molecule has 1 aliphatic heterocycles. The van der Waals surface area contributed by atoms with Crippen LogP contribution >= 0.6 is 0 Å². The molecular formula is C25H24O4. The summed E-state index contributed by atoms with van der Waals surface area (Å²) in [6, 6.07) is 30.2. The molecule has 1 fully saturated rings. The fourth-order valence-electron chi connectivity index (χ4n) is 3.96. The van der Waals surface area contributed by atoms with E-state index in [0.29, 0.717) is 6.42 Å². The molecule has 1 unspecified atom stereocenters. The van der Waals surface area contributed by atoms with Crippen LogP contribution in [0.1, 0.15) is 23.1 Å². The highest BCUT2D eigenvalue weighted by atomic mass is 16.6. The molecular weight excluding hydrogens is 364 g/mol. The normalized spacial score (nSPS) is 19.1. The van der Waals surface area contributed by atoms with Gasteiger partial charge in [-0.25, -0.2) is 0 Å². The van der Waals surface area contributed by atoms with Crippen LogP contribution in [0.25, 0.3) is 0 Å². The minimum atomic E-state index is -0.840. The van der Waals surface area contributed by atoms with E-state index in [1.165, 1.54) is 0 Å². The summed E-state index contributed by atoms with van der Waals surface area (Å²) in [6.45, 7) is 0.0391. The lowest BCUT2D eigenvalue weighted by Gasteiger charge is -2.36. The number of cyclic esters (lactones) is 1. The summed E-state index contributed by atoms with van der Waals surface area (Å²) in [4.78, 5) is 11.9. The number of hydrogen-bond donors (Lipinski definition) is 1. The van der Waals surface area contributed by atoms with Gasteiger partial charge in [-0.3, -0.25) is 4.79 Å². The molecule has 148 valence electrons. The van der Waals surface area contributed by atoms with E-state index in [1.54, 1.807) is 0 Å². The Kier molecular flexibility index (Phi) is 5.74. The number of aliphatic hydroxyl groups excluding tert-OH is 1. The maximum Gasteiger partial charge on any atom is 0.311 e. The smallest absolute Gasteiger partial charge is 0.311 e. The van der Waals surface area contributed by atoms with Gasteiger partial charge in [0.25, 0.3) is 0 Å². The topological polar surface area (TPSA) is 55.8 Å². The second-order valence-electron chi connectivity index (χ2n) is 7.26. The molecule has 29 heavy (non-hydrogen) atoms. The lowest BCUT2D eigenvalue weighted by Crippen LogP contribution is -2.35. The van der Waals surface area contributed by atoms with Crippen LogP contribution in [0.15, 0.2) is 91.0 Å². The number of hydrogen-bond acceptors (Lipinski definition) is 4. The van der Waals surface area contributed by atoms with Crippen LogP contribution in [0.4, 0.5) is 0 Å². The molecule has 0 spiro atoms. The summed E-state index contributed by atoms with van der Waals surface area (Å²) in [5.74, 6) is -0.825. The Morgan fingerprint density at radius 2 is 1.28 bits per heavy atom. The third-order valence-corrected chi connectivity index (χ3v) is 5.41. The van der Waals surface area contributed by atoms with Gasteiger partial charge < -0.3 is 14.6 Å². The number of ether oxygens (including phenoxy) is 2. The van der Waals surface area contributed by atoms with Crippen molar-refractivity contribution in [1.29, 1.82) is 0 Å². The van der Waals surface area contributed by atoms with Crippen molar-refractivity contribution in [2.75, 3.05) is 13.2 Å². The Morgan fingerprint density at radius 3 is 1.66 bits per heavy atom. The molecule has 4 heteroatoms. The van der Waals surface area contributed by atoms with Crippen molar-refractivity contribution in [3.05, 3.63) is 108 Å². The Hall–Kier alpha value is -2.95. The van der Waals surface area contributed by atoms with Crippen LogP contribution in [-0.4, -0.2) is 30.4 Å². The first kappa shape index (κ1) is 19.4. The average Bonchev–Trinajstić information content (AvgIpc) is 3.16. The number of rotatable bonds is 7. The van der Waals surface area contributed by atoms with Crippen molar-refractivity contribution >= 4 is 5.97 Å². The predicted molar refractivity (Wildman–Crippen MR) is 110 cm³/mol. The highest BCUT2D eigenvalue weighted by molar-refractivity contribution is 5.74. The third kappa shape index (κ3) is 3.82. The first-order chi connectivity index (χ1) is 14.2. The van der Waals surface area contributed by atoms with Gasteiger partial charge in [0.15, 0.2) is 0 Å². The van der Waals surface area contributed by atoms with Crippen LogP contribution in [0.2, 0.25) is 0 Å². The second kappa shape index (κ2) is 8.60. The van der Waals surface area contributed by atoms with Crippen LogP contribution in [0.5, 0.6) is 0 Å². The van der Waals surface area contributed by atoms with Crippen LogP contribution < -0.4 is 0 Å². The van der Waals surface area contributed by atoms with Gasteiger partial charge in [0.05, 0.1) is 19.1 Å². The van der Waals surface area contributed by atoms with Crippen molar-refractivity contribution in [2.45, 2.75) is 18.1 Å². The van der Waals surface area contributed by atoms with E-state index in [1.807, 2.05) is 54.6 Å². The van der Waals surface area contributed by atoms with E-state index in [2.05, 4.69) is 36.4 Å². The molecule has 0 aliphatic carbocycles. The van der Waals surface area contributed by atoms with Crippen LogP contribution in [0, 0.1) is 5.92 Å². The molecule has 4 nitrogen and oxygen atoms in total. The van der Waals surface area contributed by atoms with E-state index < -0.39 is 11.5 Å². The van der Waals surface area contributed by atoms with E-state index in [9.17, 15) is 9.90 Å². The predicted octanol–water partition coefficient (Wildman–Crippen LogP) is 3.92. The number of esters is 1. The van der Waals surface area contributed by atoms with Crippen molar-refractivity contribution in [2.24, 2.45) is 5.92 Å². The third-order valence-electron chi connectivity index (χ3n) is 5.41. The van der Waals surface area contributed by atoms with Gasteiger partial charge in [-0.05, 0) is 16.7 Å². The van der Waals surface area contributed by atoms with Crippen molar-refractivity contribution in [3.63, 3.8) is 0 Å². The first-order valence-corrected chi connectivity index (χ1v) is 9.86. The fraction of sp³-hybridized carbons (Fsp3) is 0.240. The summed E-state index contributed by atoms with van der Waals surface area (Å²) in [5.41, 5.74) is 2.16. The molecule has 0 saturated carbocycles. The quantitative estimate of drug-likeness (QED) is 0.492. The molecule has 1 saturated heterocycles. The summed E-state index contributed by atoms with van der Waals surface area (Å²) in [6.07, 6.45) is 0.0826. The van der Waals surface area contributed by atoms with Gasteiger partial charge in [0, 0.05) is 6.42 Å². The highest BCUT2D eigenvalue weighted by Crippen LogP contribution is 2.41. The molecule has 3 aromatic rings. The van der Waals surface area contributed by atoms with Gasteiger partial charge in [-0.1, -0.05) is 91.0 Å². The molecule has 4 rings (SSSR count). The highest BCUT2D eigenvalue weighted by Gasteiger charge is 2.40. The average molecular weight is 388 g/mol. The van der Waals surface area contributed by atoms with Crippen LogP contribution in [-0.2, 0) is 19.9 Å². The molecule has 0 amide bonds. The van der Waals surface area contributed by atoms with Gasteiger partial charge in [-0.2, -0.15) is 0 Å². The molecule has 0 aromatic heterocycles. The first-order valence-electron chi connectivity index (χ1n) is 9.86. The minimum absolute atomic E-state index is 0.198. The summed E-state index contributed by atoms with van der Waals surface area (Å²) in [7, 11) is 0. The SMILES string of the molecule is O=C1O[C@H](COC(c2ccccc2)(c2ccccc2)c2ccccc2)CC1CO. The van der Waals surface area contributed by atoms with Crippen LogP contribution in [0.3, 0.4) is 0 Å². The molecule has 1 heterocycles. The van der Waals surface area contributed by atoms with Crippen molar-refractivity contribution in [1.82, 2.24) is 0 Å². The Labute approximate surface area is 170 Å². The molecule has 2 atom stereocenters. The molecule has 3 aromatic carbocycles. The van der Waals surface area contributed by atoms with Crippen molar-refractivity contribution < 1.29 is 19.4 Å². The summed E-state index contributed by atoms with van der Waals surface area (Å²) >= 11 is 0. The van der Waals surface area contributed by atoms with E-state index in [0.717, 1.165) is 16.7 Å². The molecule has 1 aliphatic rings. The number of carbonyl (C=O) groups is 1. The van der Waals surface area contributed by atoms with Crippen molar-refractivity contribution in [3.8, 4) is 0 Å². The summed E-state index contributed by atoms with van der Waals surface area (Å²) < 4.78 is 12.1. The maximum absolute atomic E-state index is 11.9. The number of aliphatic hydroxyl groups is 1. The fourth-order valence-corrected chi connectivity index (χ4v) is 3.96. The van der Waals surface area contributed by atoms with E-state index in [4.69, 9.17) is 9.47 Å². The monoisotopic (exact) mass is 388 g/mol. The zero-order valence-electron chi connectivity index (χ0n) is 16.1. The van der Waals surface area contributed by atoms with Gasteiger partial charge >= 0.3 is 5.97 Å².